The van der Waals surface area contributed by atoms with Crippen LogP contribution in [0.3, 0.4) is 0 Å². The molecular weight excluding hydrogens is 324 g/mol. The molecule has 2 saturated heterocycles. The number of aryl methyl sites for hydroxylation is 1. The highest BCUT2D eigenvalue weighted by Crippen LogP contribution is 2.42. The third-order valence-electron chi connectivity index (χ3n) is 4.92. The summed E-state index contributed by atoms with van der Waals surface area (Å²) in [5.41, 5.74) is -0.00635. The molecule has 2 aromatic heterocycles. The van der Waals surface area contributed by atoms with E-state index in [2.05, 4.69) is 20.1 Å². The summed E-state index contributed by atoms with van der Waals surface area (Å²) in [6.07, 6.45) is 5.20. The lowest BCUT2D eigenvalue weighted by molar-refractivity contribution is -0.110. The Morgan fingerprint density at radius 2 is 2.38 bits per heavy atom. The van der Waals surface area contributed by atoms with Gasteiger partial charge in [-0.15, -0.1) is 10.2 Å². The molecule has 0 unspecified atom stereocenters. The number of nitrogens with zero attached hydrogens (tertiary/aromatic N) is 4. The summed E-state index contributed by atoms with van der Waals surface area (Å²) >= 11 is 1.66. The standard InChI is InChI=1S/C17H22N4O2S/c1-13-19-20-16(24-13)21-9-6-14-17(11-21,7-4-10-22-14)12-23-15-5-2-3-8-18-15/h2-3,5,8,14H,4,6-7,9-12H2,1H3/t14-,17+/m1/s1. The summed E-state index contributed by atoms with van der Waals surface area (Å²) in [4.78, 5) is 6.63. The predicted molar refractivity (Wildman–Crippen MR) is 92.6 cm³/mol. The second-order valence-electron chi connectivity index (χ2n) is 6.60. The first-order valence-electron chi connectivity index (χ1n) is 8.46. The number of aromatic nitrogens is 3. The number of hydrogen-bond donors (Lipinski definition) is 0. The van der Waals surface area contributed by atoms with Crippen LogP contribution in [0.15, 0.2) is 24.4 Å². The van der Waals surface area contributed by atoms with Crippen LogP contribution in [0.25, 0.3) is 0 Å². The number of rotatable bonds is 4. The highest BCUT2D eigenvalue weighted by molar-refractivity contribution is 7.15. The van der Waals surface area contributed by atoms with E-state index in [0.717, 1.165) is 49.1 Å². The van der Waals surface area contributed by atoms with Gasteiger partial charge in [0, 0.05) is 37.4 Å². The number of pyridine rings is 1. The van der Waals surface area contributed by atoms with E-state index < -0.39 is 0 Å². The van der Waals surface area contributed by atoms with E-state index in [-0.39, 0.29) is 11.5 Å². The molecule has 0 aliphatic carbocycles. The van der Waals surface area contributed by atoms with Crippen LogP contribution in [0.1, 0.15) is 24.3 Å². The molecule has 0 saturated carbocycles. The molecule has 2 aliphatic heterocycles. The monoisotopic (exact) mass is 346 g/mol. The predicted octanol–water partition coefficient (Wildman–Crippen LogP) is 2.70. The first kappa shape index (κ1) is 15.8. The van der Waals surface area contributed by atoms with Gasteiger partial charge in [0.1, 0.15) is 5.01 Å². The highest BCUT2D eigenvalue weighted by atomic mass is 32.1. The number of fused-ring (bicyclic) bond motifs is 1. The summed E-state index contributed by atoms with van der Waals surface area (Å²) < 4.78 is 12.1. The van der Waals surface area contributed by atoms with E-state index in [9.17, 15) is 0 Å². The van der Waals surface area contributed by atoms with Crippen molar-refractivity contribution in [2.24, 2.45) is 5.41 Å². The zero-order valence-corrected chi connectivity index (χ0v) is 14.7. The molecule has 0 bridgehead atoms. The van der Waals surface area contributed by atoms with Crippen molar-refractivity contribution in [3.8, 4) is 5.88 Å². The second kappa shape index (κ2) is 6.64. The maximum atomic E-state index is 6.10. The average molecular weight is 346 g/mol. The topological polar surface area (TPSA) is 60.4 Å². The molecule has 7 heteroatoms. The molecule has 2 atom stereocenters. The lowest BCUT2D eigenvalue weighted by atomic mass is 9.73. The van der Waals surface area contributed by atoms with Crippen LogP contribution in [-0.4, -0.2) is 47.6 Å². The Bertz CT molecular complexity index is 680. The Hall–Kier alpha value is -1.73. The minimum Gasteiger partial charge on any atom is -0.477 e. The molecule has 128 valence electrons. The molecule has 6 nitrogen and oxygen atoms in total. The lowest BCUT2D eigenvalue weighted by Gasteiger charge is -2.49. The van der Waals surface area contributed by atoms with Crippen molar-refractivity contribution >= 4 is 16.5 Å². The van der Waals surface area contributed by atoms with Gasteiger partial charge in [-0.25, -0.2) is 4.98 Å². The van der Waals surface area contributed by atoms with Crippen LogP contribution >= 0.6 is 11.3 Å². The molecule has 0 amide bonds. The maximum Gasteiger partial charge on any atom is 0.213 e. The average Bonchev–Trinajstić information content (AvgIpc) is 3.07. The molecule has 2 aromatic rings. The van der Waals surface area contributed by atoms with Crippen molar-refractivity contribution in [3.63, 3.8) is 0 Å². The number of anilines is 1. The van der Waals surface area contributed by atoms with E-state index >= 15 is 0 Å². The second-order valence-corrected chi connectivity index (χ2v) is 7.76. The molecule has 4 heterocycles. The van der Waals surface area contributed by atoms with Crippen LogP contribution in [0.2, 0.25) is 0 Å². The van der Waals surface area contributed by atoms with Crippen molar-refractivity contribution in [3.05, 3.63) is 29.4 Å². The first-order chi connectivity index (χ1) is 11.8. The van der Waals surface area contributed by atoms with Gasteiger partial charge >= 0.3 is 0 Å². The maximum absolute atomic E-state index is 6.10. The van der Waals surface area contributed by atoms with Gasteiger partial charge in [0.15, 0.2) is 0 Å². The van der Waals surface area contributed by atoms with Crippen molar-refractivity contribution in [2.75, 3.05) is 31.2 Å². The third-order valence-corrected chi connectivity index (χ3v) is 5.82. The molecule has 2 fully saturated rings. The van der Waals surface area contributed by atoms with Gasteiger partial charge in [-0.3, -0.25) is 0 Å². The summed E-state index contributed by atoms with van der Waals surface area (Å²) in [7, 11) is 0. The number of ether oxygens (including phenoxy) is 2. The quantitative estimate of drug-likeness (QED) is 0.848. The molecule has 0 radical (unpaired) electrons. The van der Waals surface area contributed by atoms with Crippen LogP contribution < -0.4 is 9.64 Å². The van der Waals surface area contributed by atoms with Crippen LogP contribution in [0.4, 0.5) is 5.13 Å². The van der Waals surface area contributed by atoms with Crippen molar-refractivity contribution in [2.45, 2.75) is 32.3 Å². The number of hydrogen-bond acceptors (Lipinski definition) is 7. The van der Waals surface area contributed by atoms with Crippen molar-refractivity contribution < 1.29 is 9.47 Å². The van der Waals surface area contributed by atoms with Gasteiger partial charge in [-0.05, 0) is 32.3 Å². The Labute approximate surface area is 145 Å². The summed E-state index contributed by atoms with van der Waals surface area (Å²) in [6.45, 7) is 5.35. The van der Waals surface area contributed by atoms with E-state index in [1.54, 1.807) is 17.5 Å². The van der Waals surface area contributed by atoms with E-state index in [4.69, 9.17) is 9.47 Å². The van der Waals surface area contributed by atoms with Gasteiger partial charge in [-0.1, -0.05) is 17.4 Å². The fourth-order valence-corrected chi connectivity index (χ4v) is 4.44. The van der Waals surface area contributed by atoms with Crippen molar-refractivity contribution in [1.82, 2.24) is 15.2 Å². The molecule has 4 rings (SSSR count). The van der Waals surface area contributed by atoms with E-state index in [1.165, 1.54) is 0 Å². The van der Waals surface area contributed by atoms with Gasteiger partial charge in [-0.2, -0.15) is 0 Å². The molecule has 24 heavy (non-hydrogen) atoms. The van der Waals surface area contributed by atoms with Gasteiger partial charge < -0.3 is 14.4 Å². The fourth-order valence-electron chi connectivity index (χ4n) is 3.73. The van der Waals surface area contributed by atoms with E-state index in [0.29, 0.717) is 12.5 Å². The van der Waals surface area contributed by atoms with E-state index in [1.807, 2.05) is 25.1 Å². The molecule has 0 N–H and O–H groups in total. The Morgan fingerprint density at radius 3 is 3.17 bits per heavy atom. The fraction of sp³-hybridized carbons (Fsp3) is 0.588. The summed E-state index contributed by atoms with van der Waals surface area (Å²) in [6, 6.07) is 5.76. The SMILES string of the molecule is Cc1nnc(N2CC[C@H]3OCCC[C@@]3(COc3ccccn3)C2)s1. The Morgan fingerprint density at radius 1 is 1.42 bits per heavy atom. The molecule has 0 aromatic carbocycles. The van der Waals surface area contributed by atoms with Crippen LogP contribution in [0.5, 0.6) is 5.88 Å². The summed E-state index contributed by atoms with van der Waals surface area (Å²) in [5.74, 6) is 0.681. The van der Waals surface area contributed by atoms with Crippen molar-refractivity contribution in [1.29, 1.82) is 0 Å². The molecular formula is C17H22N4O2S. The van der Waals surface area contributed by atoms with Crippen LogP contribution in [0, 0.1) is 12.3 Å². The van der Waals surface area contributed by atoms with Gasteiger partial charge in [0.2, 0.25) is 11.0 Å². The molecule has 2 aliphatic rings. The van der Waals surface area contributed by atoms with Gasteiger partial charge in [0.25, 0.3) is 0 Å². The van der Waals surface area contributed by atoms with Gasteiger partial charge in [0.05, 0.1) is 12.7 Å². The number of piperidine rings is 1. The van der Waals surface area contributed by atoms with Crippen LogP contribution in [-0.2, 0) is 4.74 Å². The highest BCUT2D eigenvalue weighted by Gasteiger charge is 2.47. The minimum atomic E-state index is -0.00635. The lowest BCUT2D eigenvalue weighted by Crippen LogP contribution is -2.57. The smallest absolute Gasteiger partial charge is 0.213 e. The summed E-state index contributed by atoms with van der Waals surface area (Å²) in [5, 5.41) is 10.5. The first-order valence-corrected chi connectivity index (χ1v) is 9.27. The normalized spacial score (nSPS) is 26.9. The largest absolute Gasteiger partial charge is 0.477 e. The third kappa shape index (κ3) is 3.10. The minimum absolute atomic E-state index is 0.00635. The molecule has 0 spiro atoms. The zero-order chi connectivity index (χ0) is 16.4. The zero-order valence-electron chi connectivity index (χ0n) is 13.9. The Balaban J connectivity index is 1.53. The Kier molecular flexibility index (Phi) is 4.37.